The summed E-state index contributed by atoms with van der Waals surface area (Å²) in [7, 11) is 0. The van der Waals surface area contributed by atoms with Crippen LogP contribution in [0, 0.1) is 11.8 Å². The lowest BCUT2D eigenvalue weighted by Crippen LogP contribution is -1.93. The summed E-state index contributed by atoms with van der Waals surface area (Å²) in [4.78, 5) is 25.6. The number of thioether (sulfide) groups is 1. The zero-order valence-electron chi connectivity index (χ0n) is 9.11. The second-order valence-corrected chi connectivity index (χ2v) is 4.22. The number of aromatic nitrogens is 1. The Labute approximate surface area is 98.7 Å². The number of hydrogen-bond acceptors (Lipinski definition) is 4. The molecule has 0 aliphatic rings. The van der Waals surface area contributed by atoms with Gasteiger partial charge in [0.1, 0.15) is 5.69 Å². The third-order valence-electron chi connectivity index (χ3n) is 1.73. The number of hydrogen-bond donors (Lipinski definition) is 0. The maximum Gasteiger partial charge on any atom is 0.186 e. The molecule has 0 N–H and O–H groups in total. The molecule has 1 heterocycles. The number of nitrogens with zero attached hydrogens (tertiary/aromatic N) is 1. The summed E-state index contributed by atoms with van der Waals surface area (Å²) in [5.74, 6) is 6.10. The molecule has 4 heteroatoms. The number of pyridine rings is 1. The Morgan fingerprint density at radius 3 is 2.62 bits per heavy atom. The lowest BCUT2D eigenvalue weighted by atomic mass is 10.2. The van der Waals surface area contributed by atoms with E-state index in [0.717, 1.165) is 11.8 Å². The summed E-state index contributed by atoms with van der Waals surface area (Å²) in [6.07, 6.45) is 1.50. The molecule has 16 heavy (non-hydrogen) atoms. The molecule has 0 saturated carbocycles. The van der Waals surface area contributed by atoms with Crippen LogP contribution < -0.4 is 0 Å². The van der Waals surface area contributed by atoms with E-state index in [2.05, 4.69) is 16.8 Å². The van der Waals surface area contributed by atoms with Crippen LogP contribution in [0.3, 0.4) is 0 Å². The highest BCUT2D eigenvalue weighted by Crippen LogP contribution is 2.01. The van der Waals surface area contributed by atoms with Crippen LogP contribution in [0.15, 0.2) is 18.3 Å². The molecule has 0 unspecified atom stereocenters. The standard InChI is InChI=1S/C12H11NO2S/c1-9(14)11-5-6-12(13-8-11)4-3-7-16-10(2)15/h5-6,8H,7H2,1-2H3. The largest absolute Gasteiger partial charge is 0.294 e. The van der Waals surface area contributed by atoms with E-state index in [-0.39, 0.29) is 10.9 Å². The molecular weight excluding hydrogens is 222 g/mol. The predicted molar refractivity (Wildman–Crippen MR) is 64.3 cm³/mol. The zero-order chi connectivity index (χ0) is 12.0. The van der Waals surface area contributed by atoms with Gasteiger partial charge >= 0.3 is 0 Å². The average molecular weight is 233 g/mol. The molecule has 0 spiro atoms. The number of carbonyl (C=O) groups is 2. The summed E-state index contributed by atoms with van der Waals surface area (Å²) in [5.41, 5.74) is 1.18. The Morgan fingerprint density at radius 1 is 1.38 bits per heavy atom. The molecule has 82 valence electrons. The van der Waals surface area contributed by atoms with Crippen LogP contribution in [0.1, 0.15) is 29.9 Å². The van der Waals surface area contributed by atoms with Crippen LogP contribution in [-0.2, 0) is 4.79 Å². The molecule has 1 aromatic heterocycles. The monoisotopic (exact) mass is 233 g/mol. The van der Waals surface area contributed by atoms with Gasteiger partial charge in [0.2, 0.25) is 0 Å². The normalized spacial score (nSPS) is 9.12. The first-order valence-corrected chi connectivity index (χ1v) is 5.67. The first-order chi connectivity index (χ1) is 7.59. The van der Waals surface area contributed by atoms with Crippen LogP contribution in [-0.4, -0.2) is 21.6 Å². The Bertz CT molecular complexity index is 454. The fraction of sp³-hybridized carbons (Fsp3) is 0.250. The van der Waals surface area contributed by atoms with Crippen LogP contribution in [0.2, 0.25) is 0 Å². The molecule has 0 radical (unpaired) electrons. The molecule has 1 aromatic rings. The maximum atomic E-state index is 11.0. The minimum Gasteiger partial charge on any atom is -0.294 e. The quantitative estimate of drug-likeness (QED) is 0.578. The highest BCUT2D eigenvalue weighted by atomic mass is 32.2. The van der Waals surface area contributed by atoms with Gasteiger partial charge in [0.05, 0.1) is 5.75 Å². The fourth-order valence-electron chi connectivity index (χ4n) is 0.940. The van der Waals surface area contributed by atoms with Crippen molar-refractivity contribution in [3.05, 3.63) is 29.6 Å². The molecule has 0 atom stereocenters. The molecule has 0 aliphatic heterocycles. The molecule has 0 bridgehead atoms. The van der Waals surface area contributed by atoms with E-state index < -0.39 is 0 Å². The minimum atomic E-state index is -0.0147. The number of ketones is 1. The van der Waals surface area contributed by atoms with Gasteiger partial charge in [-0.3, -0.25) is 9.59 Å². The Balaban J connectivity index is 2.61. The van der Waals surface area contributed by atoms with Gasteiger partial charge in [-0.1, -0.05) is 17.7 Å². The van der Waals surface area contributed by atoms with E-state index in [1.807, 2.05) is 0 Å². The lowest BCUT2D eigenvalue weighted by Gasteiger charge is -1.93. The van der Waals surface area contributed by atoms with Crippen molar-refractivity contribution in [2.24, 2.45) is 0 Å². The highest BCUT2D eigenvalue weighted by Gasteiger charge is 1.98. The molecule has 0 aromatic carbocycles. The van der Waals surface area contributed by atoms with Crippen molar-refractivity contribution >= 4 is 22.7 Å². The van der Waals surface area contributed by atoms with Crippen molar-refractivity contribution in [3.63, 3.8) is 0 Å². The van der Waals surface area contributed by atoms with Gasteiger partial charge in [-0.2, -0.15) is 0 Å². The molecule has 0 saturated heterocycles. The second kappa shape index (κ2) is 6.09. The Morgan fingerprint density at radius 2 is 2.12 bits per heavy atom. The van der Waals surface area contributed by atoms with Crippen LogP contribution in [0.4, 0.5) is 0 Å². The van der Waals surface area contributed by atoms with E-state index in [1.54, 1.807) is 12.1 Å². The van der Waals surface area contributed by atoms with E-state index in [0.29, 0.717) is 17.0 Å². The summed E-state index contributed by atoms with van der Waals surface area (Å²) in [6, 6.07) is 3.39. The van der Waals surface area contributed by atoms with Crippen LogP contribution >= 0.6 is 11.8 Å². The van der Waals surface area contributed by atoms with Crippen molar-refractivity contribution in [2.75, 3.05) is 5.75 Å². The molecule has 1 rings (SSSR count). The Kier molecular flexibility index (Phi) is 4.74. The Hall–Kier alpha value is -1.60. The SMILES string of the molecule is CC(=O)SCC#Cc1ccc(C(C)=O)cn1. The van der Waals surface area contributed by atoms with Gasteiger partial charge < -0.3 is 0 Å². The highest BCUT2D eigenvalue weighted by molar-refractivity contribution is 8.13. The molecular formula is C12H11NO2S. The van der Waals surface area contributed by atoms with Gasteiger partial charge in [0.25, 0.3) is 0 Å². The fourth-order valence-corrected chi connectivity index (χ4v) is 1.29. The smallest absolute Gasteiger partial charge is 0.186 e. The van der Waals surface area contributed by atoms with Gasteiger partial charge in [-0.25, -0.2) is 4.98 Å². The van der Waals surface area contributed by atoms with E-state index in [9.17, 15) is 9.59 Å². The van der Waals surface area contributed by atoms with Crippen LogP contribution in [0.5, 0.6) is 0 Å². The predicted octanol–water partition coefficient (Wildman–Crippen LogP) is 1.92. The third-order valence-corrected chi connectivity index (χ3v) is 2.43. The van der Waals surface area contributed by atoms with Crippen molar-refractivity contribution < 1.29 is 9.59 Å². The van der Waals surface area contributed by atoms with E-state index in [1.165, 1.54) is 20.0 Å². The van der Waals surface area contributed by atoms with Crippen molar-refractivity contribution in [1.29, 1.82) is 0 Å². The summed E-state index contributed by atoms with van der Waals surface area (Å²) in [5, 5.41) is 0.0502. The first kappa shape index (κ1) is 12.5. The summed E-state index contributed by atoms with van der Waals surface area (Å²) in [6.45, 7) is 3.00. The second-order valence-electron chi connectivity index (χ2n) is 3.07. The van der Waals surface area contributed by atoms with Gasteiger partial charge in [0, 0.05) is 18.7 Å². The minimum absolute atomic E-state index is 0.0147. The molecule has 3 nitrogen and oxygen atoms in total. The van der Waals surface area contributed by atoms with E-state index in [4.69, 9.17) is 0 Å². The lowest BCUT2D eigenvalue weighted by molar-refractivity contribution is -0.109. The summed E-state index contributed by atoms with van der Waals surface area (Å²) >= 11 is 1.16. The van der Waals surface area contributed by atoms with E-state index >= 15 is 0 Å². The number of Topliss-reactive ketones (excluding diaryl/α,β-unsaturated/α-hetero) is 1. The van der Waals surface area contributed by atoms with Gasteiger partial charge in [-0.05, 0) is 25.0 Å². The third kappa shape index (κ3) is 4.28. The zero-order valence-corrected chi connectivity index (χ0v) is 9.93. The molecule has 0 amide bonds. The van der Waals surface area contributed by atoms with Gasteiger partial charge in [0.15, 0.2) is 10.9 Å². The van der Waals surface area contributed by atoms with Crippen molar-refractivity contribution in [3.8, 4) is 11.8 Å². The van der Waals surface area contributed by atoms with Crippen LogP contribution in [0.25, 0.3) is 0 Å². The first-order valence-electron chi connectivity index (χ1n) is 4.69. The van der Waals surface area contributed by atoms with Crippen molar-refractivity contribution in [2.45, 2.75) is 13.8 Å². The average Bonchev–Trinajstić information content (AvgIpc) is 2.25. The molecule has 0 aliphatic carbocycles. The number of rotatable bonds is 2. The summed E-state index contributed by atoms with van der Waals surface area (Å²) < 4.78 is 0. The van der Waals surface area contributed by atoms with Gasteiger partial charge in [-0.15, -0.1) is 0 Å². The molecule has 0 fully saturated rings. The topological polar surface area (TPSA) is 47.0 Å². The number of carbonyl (C=O) groups excluding carboxylic acids is 2. The maximum absolute atomic E-state index is 11.0. The van der Waals surface area contributed by atoms with Crippen molar-refractivity contribution in [1.82, 2.24) is 4.98 Å².